The van der Waals surface area contributed by atoms with Crippen molar-refractivity contribution in [3.8, 4) is 0 Å². The maximum atomic E-state index is 3.54. The van der Waals surface area contributed by atoms with Crippen LogP contribution < -0.4 is 5.32 Å². The average Bonchev–Trinajstić information content (AvgIpc) is 2.76. The first kappa shape index (κ1) is 15.1. The van der Waals surface area contributed by atoms with Crippen molar-refractivity contribution in [2.45, 2.75) is 63.5 Å². The molecule has 0 bridgehead atoms. The molecule has 1 aliphatic heterocycles. The van der Waals surface area contributed by atoms with Crippen LogP contribution in [0.5, 0.6) is 0 Å². The van der Waals surface area contributed by atoms with Gasteiger partial charge in [0.15, 0.2) is 0 Å². The van der Waals surface area contributed by atoms with Gasteiger partial charge in [0.05, 0.1) is 0 Å². The highest BCUT2D eigenvalue weighted by Gasteiger charge is 2.35. The molecule has 1 N–H and O–H groups in total. The van der Waals surface area contributed by atoms with Gasteiger partial charge >= 0.3 is 0 Å². The summed E-state index contributed by atoms with van der Waals surface area (Å²) in [5, 5.41) is 3.54. The number of fused-ring (bicyclic) bond motifs is 1. The Bertz CT molecular complexity index is 472. The molecule has 1 heterocycles. The zero-order chi connectivity index (χ0) is 14.9. The molecule has 0 saturated carbocycles. The Morgan fingerprint density at radius 2 is 1.90 bits per heavy atom. The fraction of sp³-hybridized carbons (Fsp3) is 0.684. The van der Waals surface area contributed by atoms with E-state index in [2.05, 4.69) is 55.4 Å². The van der Waals surface area contributed by atoms with E-state index in [0.29, 0.717) is 11.5 Å². The lowest BCUT2D eigenvalue weighted by Gasteiger charge is -2.43. The summed E-state index contributed by atoms with van der Waals surface area (Å²) in [7, 11) is 2.36. The third-order valence-electron chi connectivity index (χ3n) is 5.70. The normalized spacial score (nSPS) is 29.0. The highest BCUT2D eigenvalue weighted by molar-refractivity contribution is 5.38. The fourth-order valence-electron chi connectivity index (χ4n) is 4.28. The molecule has 0 radical (unpaired) electrons. The second kappa shape index (κ2) is 6.10. The molecule has 0 spiro atoms. The molecule has 1 aromatic carbocycles. The van der Waals surface area contributed by atoms with Crippen molar-refractivity contribution in [1.82, 2.24) is 10.2 Å². The van der Waals surface area contributed by atoms with E-state index < -0.39 is 0 Å². The topological polar surface area (TPSA) is 15.3 Å². The van der Waals surface area contributed by atoms with E-state index >= 15 is 0 Å². The van der Waals surface area contributed by atoms with Gasteiger partial charge in [0, 0.05) is 12.1 Å². The van der Waals surface area contributed by atoms with Gasteiger partial charge in [-0.1, -0.05) is 38.1 Å². The Kier molecular flexibility index (Phi) is 4.37. The zero-order valence-electron chi connectivity index (χ0n) is 13.9. The van der Waals surface area contributed by atoms with Crippen LogP contribution in [0.3, 0.4) is 0 Å². The lowest BCUT2D eigenvalue weighted by Crippen LogP contribution is -2.39. The van der Waals surface area contributed by atoms with Gasteiger partial charge in [-0.25, -0.2) is 0 Å². The lowest BCUT2D eigenvalue weighted by molar-refractivity contribution is 0.134. The quantitative estimate of drug-likeness (QED) is 0.888. The molecule has 2 heteroatoms. The van der Waals surface area contributed by atoms with E-state index in [1.165, 1.54) is 45.2 Å². The molecule has 2 nitrogen and oxygen atoms in total. The summed E-state index contributed by atoms with van der Waals surface area (Å²) in [5.41, 5.74) is 3.48. The number of hydrogen-bond acceptors (Lipinski definition) is 2. The van der Waals surface area contributed by atoms with Crippen LogP contribution in [0, 0.1) is 0 Å². The largest absolute Gasteiger partial charge is 0.317 e. The van der Waals surface area contributed by atoms with Gasteiger partial charge in [0.1, 0.15) is 0 Å². The van der Waals surface area contributed by atoms with Gasteiger partial charge in [-0.15, -0.1) is 0 Å². The third kappa shape index (κ3) is 3.02. The summed E-state index contributed by atoms with van der Waals surface area (Å²) >= 11 is 0. The number of hydrogen-bond donors (Lipinski definition) is 1. The van der Waals surface area contributed by atoms with E-state index in [-0.39, 0.29) is 0 Å². The first-order valence-corrected chi connectivity index (χ1v) is 8.62. The minimum Gasteiger partial charge on any atom is -0.317 e. The van der Waals surface area contributed by atoms with Crippen molar-refractivity contribution in [3.05, 3.63) is 35.4 Å². The lowest BCUT2D eigenvalue weighted by atomic mass is 9.70. The molecule has 1 aromatic rings. The molecular weight excluding hydrogens is 256 g/mol. The monoisotopic (exact) mass is 286 g/mol. The highest BCUT2D eigenvalue weighted by atomic mass is 15.2. The summed E-state index contributed by atoms with van der Waals surface area (Å²) in [6, 6.07) is 10.5. The van der Waals surface area contributed by atoms with Crippen molar-refractivity contribution < 1.29 is 0 Å². The van der Waals surface area contributed by atoms with Crippen molar-refractivity contribution >= 4 is 0 Å². The van der Waals surface area contributed by atoms with Crippen LogP contribution in [0.25, 0.3) is 0 Å². The van der Waals surface area contributed by atoms with Crippen LogP contribution in [0.4, 0.5) is 0 Å². The summed E-state index contributed by atoms with van der Waals surface area (Å²) in [5.74, 6) is 0. The van der Waals surface area contributed by atoms with Crippen molar-refractivity contribution in [2.75, 3.05) is 20.1 Å². The molecule has 1 fully saturated rings. The first-order valence-electron chi connectivity index (χ1n) is 8.62. The summed E-state index contributed by atoms with van der Waals surface area (Å²) in [6.07, 6.45) is 6.54. The van der Waals surface area contributed by atoms with Gasteiger partial charge in [-0.2, -0.15) is 0 Å². The Morgan fingerprint density at radius 3 is 2.76 bits per heavy atom. The summed E-state index contributed by atoms with van der Waals surface area (Å²) in [4.78, 5) is 2.68. The van der Waals surface area contributed by atoms with Crippen molar-refractivity contribution in [1.29, 1.82) is 0 Å². The fourth-order valence-corrected chi connectivity index (χ4v) is 4.28. The smallest absolute Gasteiger partial charge is 0.0351 e. The van der Waals surface area contributed by atoms with Gasteiger partial charge in [-0.3, -0.25) is 4.90 Å². The molecule has 2 unspecified atom stereocenters. The van der Waals surface area contributed by atoms with Crippen LogP contribution in [-0.4, -0.2) is 31.1 Å². The molecule has 2 atom stereocenters. The molecule has 2 aliphatic rings. The van der Waals surface area contributed by atoms with Gasteiger partial charge < -0.3 is 5.32 Å². The zero-order valence-corrected chi connectivity index (χ0v) is 13.9. The minimum atomic E-state index is 0.332. The third-order valence-corrected chi connectivity index (χ3v) is 5.70. The molecular formula is C19H30N2. The van der Waals surface area contributed by atoms with Crippen LogP contribution in [-0.2, 0) is 5.41 Å². The van der Waals surface area contributed by atoms with Crippen LogP contribution in [0.1, 0.15) is 63.1 Å². The van der Waals surface area contributed by atoms with Crippen molar-refractivity contribution in [2.24, 2.45) is 0 Å². The van der Waals surface area contributed by atoms with Gasteiger partial charge in [0.2, 0.25) is 0 Å². The average molecular weight is 286 g/mol. The van der Waals surface area contributed by atoms with E-state index in [0.717, 1.165) is 6.04 Å². The number of nitrogens with one attached hydrogen (secondary N) is 1. The van der Waals surface area contributed by atoms with Crippen molar-refractivity contribution in [3.63, 3.8) is 0 Å². The SMILES string of the molecule is CN(C1CCCNCC1)C1CCC(C)(C)c2ccccc21. The maximum Gasteiger partial charge on any atom is 0.0351 e. The Balaban J connectivity index is 1.85. The Labute approximate surface area is 129 Å². The van der Waals surface area contributed by atoms with Gasteiger partial charge in [-0.05, 0) is 68.8 Å². The van der Waals surface area contributed by atoms with Crippen LogP contribution >= 0.6 is 0 Å². The van der Waals surface area contributed by atoms with E-state index in [4.69, 9.17) is 0 Å². The van der Waals surface area contributed by atoms with Crippen LogP contribution in [0.15, 0.2) is 24.3 Å². The highest BCUT2D eigenvalue weighted by Crippen LogP contribution is 2.44. The summed E-state index contributed by atoms with van der Waals surface area (Å²) < 4.78 is 0. The number of nitrogens with zero attached hydrogens (tertiary/aromatic N) is 1. The van der Waals surface area contributed by atoms with E-state index in [9.17, 15) is 0 Å². The first-order chi connectivity index (χ1) is 10.1. The molecule has 0 amide bonds. The van der Waals surface area contributed by atoms with E-state index in [1.54, 1.807) is 11.1 Å². The second-order valence-corrected chi connectivity index (χ2v) is 7.53. The predicted octanol–water partition coefficient (Wildman–Crippen LogP) is 3.87. The molecule has 1 aliphatic carbocycles. The maximum absolute atomic E-state index is 3.54. The minimum absolute atomic E-state index is 0.332. The van der Waals surface area contributed by atoms with E-state index in [1.807, 2.05) is 0 Å². The molecule has 116 valence electrons. The Morgan fingerprint density at radius 1 is 1.10 bits per heavy atom. The van der Waals surface area contributed by atoms with Crippen LogP contribution in [0.2, 0.25) is 0 Å². The molecule has 3 rings (SSSR count). The van der Waals surface area contributed by atoms with Gasteiger partial charge in [0.25, 0.3) is 0 Å². The number of rotatable bonds is 2. The molecule has 1 saturated heterocycles. The molecule has 0 aromatic heterocycles. The second-order valence-electron chi connectivity index (χ2n) is 7.53. The Hall–Kier alpha value is -0.860. The number of benzene rings is 1. The summed E-state index contributed by atoms with van der Waals surface area (Å²) in [6.45, 7) is 7.17. The molecule has 21 heavy (non-hydrogen) atoms. The standard InChI is InChI=1S/C19H30N2/c1-19(2)12-10-18(16-8-4-5-9-17(16)19)21(3)15-7-6-13-20-14-11-15/h4-5,8-9,15,18,20H,6-7,10-14H2,1-3H3. The predicted molar refractivity (Wildman–Crippen MR) is 89.7 cm³/mol.